The Hall–Kier alpha value is -3.09. The number of rotatable bonds is 5. The van der Waals surface area contributed by atoms with E-state index in [0.29, 0.717) is 32.7 Å². The molecule has 1 aromatic heterocycles. The molecule has 0 bridgehead atoms. The monoisotopic (exact) mass is 454 g/mol. The van der Waals surface area contributed by atoms with Crippen molar-refractivity contribution in [1.82, 2.24) is 9.78 Å². The Morgan fingerprint density at radius 3 is 2.39 bits per heavy atom. The zero-order valence-corrected chi connectivity index (χ0v) is 18.1. The van der Waals surface area contributed by atoms with Gasteiger partial charge in [0, 0.05) is 18.7 Å². The van der Waals surface area contributed by atoms with Crippen LogP contribution in [0.4, 0.5) is 5.69 Å². The maximum Gasteiger partial charge on any atom is 0.295 e. The van der Waals surface area contributed by atoms with E-state index in [4.69, 9.17) is 28.4 Å². The highest BCUT2D eigenvalue weighted by Crippen LogP contribution is 2.30. The van der Waals surface area contributed by atoms with Gasteiger partial charge in [-0.25, -0.2) is 0 Å². The highest BCUT2D eigenvalue weighted by atomic mass is 35.5. The number of anilines is 1. The normalized spacial score (nSPS) is 13.8. The predicted molar refractivity (Wildman–Crippen MR) is 126 cm³/mol. The average molecular weight is 455 g/mol. The van der Waals surface area contributed by atoms with E-state index in [1.54, 1.807) is 30.3 Å². The molecule has 0 aliphatic carbocycles. The highest BCUT2D eigenvalue weighted by Gasteiger charge is 2.22. The van der Waals surface area contributed by atoms with Crippen molar-refractivity contribution < 1.29 is 5.21 Å². The number of aromatic nitrogens is 2. The van der Waals surface area contributed by atoms with E-state index in [9.17, 15) is 4.79 Å². The molecule has 3 aromatic rings. The van der Waals surface area contributed by atoms with Crippen LogP contribution in [-0.4, -0.2) is 34.3 Å². The summed E-state index contributed by atoms with van der Waals surface area (Å²) < 4.78 is 1.27. The van der Waals surface area contributed by atoms with Crippen LogP contribution in [0.1, 0.15) is 24.0 Å². The van der Waals surface area contributed by atoms with Gasteiger partial charge < -0.3 is 10.1 Å². The number of para-hydroxylation sites is 1. The standard InChI is InChI=1S/C23H20Cl2N4O2/c1-2-15-10-16(14-26-31)12-17(11-15)20-13-21(28-8-3-4-9-28)23(30)29(27-20)22-18(24)6-5-7-19(22)25/h2,5-7,10-14,31H,1,3-4,8-9H2/b26-14+. The quantitative estimate of drug-likeness (QED) is 0.324. The molecule has 1 saturated heterocycles. The van der Waals surface area contributed by atoms with Crippen LogP contribution in [-0.2, 0) is 0 Å². The van der Waals surface area contributed by atoms with Gasteiger partial charge in [0.1, 0.15) is 11.4 Å². The molecule has 0 atom stereocenters. The maximum absolute atomic E-state index is 13.4. The molecule has 0 unspecified atom stereocenters. The number of halogens is 2. The summed E-state index contributed by atoms with van der Waals surface area (Å²) in [7, 11) is 0. The summed E-state index contributed by atoms with van der Waals surface area (Å²) in [6.07, 6.45) is 5.07. The fourth-order valence-corrected chi connectivity index (χ4v) is 4.29. The summed E-state index contributed by atoms with van der Waals surface area (Å²) in [4.78, 5) is 15.5. The lowest BCUT2D eigenvalue weighted by Gasteiger charge is -2.20. The van der Waals surface area contributed by atoms with Crippen LogP contribution in [0.25, 0.3) is 23.0 Å². The van der Waals surface area contributed by atoms with Crippen molar-refractivity contribution in [2.24, 2.45) is 5.16 Å². The fourth-order valence-electron chi connectivity index (χ4n) is 3.73. The Morgan fingerprint density at radius 2 is 1.74 bits per heavy atom. The average Bonchev–Trinajstić information content (AvgIpc) is 3.29. The first-order valence-electron chi connectivity index (χ1n) is 9.81. The Bertz CT molecular complexity index is 1210. The molecular formula is C23H20Cl2N4O2. The second-order valence-corrected chi connectivity index (χ2v) is 8.05. The first kappa shape index (κ1) is 21.2. The molecule has 31 heavy (non-hydrogen) atoms. The number of nitrogens with zero attached hydrogens (tertiary/aromatic N) is 4. The first-order valence-corrected chi connectivity index (χ1v) is 10.6. The third-order valence-electron chi connectivity index (χ3n) is 5.20. The van der Waals surface area contributed by atoms with Gasteiger partial charge in [0.25, 0.3) is 5.56 Å². The second kappa shape index (κ2) is 8.96. The van der Waals surface area contributed by atoms with Crippen molar-refractivity contribution in [3.63, 3.8) is 0 Å². The smallest absolute Gasteiger partial charge is 0.295 e. The molecular weight excluding hydrogens is 435 g/mol. The van der Waals surface area contributed by atoms with Crippen molar-refractivity contribution in [1.29, 1.82) is 0 Å². The molecule has 1 aliphatic heterocycles. The highest BCUT2D eigenvalue weighted by molar-refractivity contribution is 6.37. The molecule has 0 amide bonds. The van der Waals surface area contributed by atoms with Gasteiger partial charge in [-0.1, -0.05) is 47.1 Å². The van der Waals surface area contributed by atoms with Gasteiger partial charge in [-0.2, -0.15) is 9.78 Å². The molecule has 2 heterocycles. The van der Waals surface area contributed by atoms with E-state index in [1.165, 1.54) is 10.9 Å². The number of hydrogen-bond acceptors (Lipinski definition) is 5. The van der Waals surface area contributed by atoms with E-state index in [1.807, 2.05) is 18.2 Å². The van der Waals surface area contributed by atoms with Gasteiger partial charge in [-0.15, -0.1) is 0 Å². The summed E-state index contributed by atoms with van der Waals surface area (Å²) in [5.41, 5.74) is 3.41. The van der Waals surface area contributed by atoms with Crippen LogP contribution in [0.15, 0.2) is 59.0 Å². The van der Waals surface area contributed by atoms with Gasteiger partial charge in [0.05, 0.1) is 22.0 Å². The van der Waals surface area contributed by atoms with Crippen LogP contribution in [0.2, 0.25) is 10.0 Å². The maximum atomic E-state index is 13.4. The fraction of sp³-hybridized carbons (Fsp3) is 0.174. The Labute approximate surface area is 189 Å². The first-order chi connectivity index (χ1) is 15.0. The van der Waals surface area contributed by atoms with Gasteiger partial charge >= 0.3 is 0 Å². The van der Waals surface area contributed by atoms with Crippen molar-refractivity contribution in [2.45, 2.75) is 12.8 Å². The Kier molecular flexibility index (Phi) is 6.11. The van der Waals surface area contributed by atoms with Gasteiger partial charge in [-0.3, -0.25) is 4.79 Å². The van der Waals surface area contributed by atoms with E-state index in [-0.39, 0.29) is 5.56 Å². The second-order valence-electron chi connectivity index (χ2n) is 7.23. The van der Waals surface area contributed by atoms with Crippen LogP contribution in [0.5, 0.6) is 0 Å². The van der Waals surface area contributed by atoms with Crippen molar-refractivity contribution in [3.05, 3.63) is 80.6 Å². The lowest BCUT2D eigenvalue weighted by atomic mass is 10.0. The van der Waals surface area contributed by atoms with Crippen molar-refractivity contribution >= 4 is 41.2 Å². The summed E-state index contributed by atoms with van der Waals surface area (Å²) >= 11 is 12.8. The lowest BCUT2D eigenvalue weighted by molar-refractivity contribution is 0.322. The van der Waals surface area contributed by atoms with E-state index >= 15 is 0 Å². The van der Waals surface area contributed by atoms with Crippen LogP contribution >= 0.6 is 23.2 Å². The molecule has 0 spiro atoms. The minimum atomic E-state index is -0.280. The van der Waals surface area contributed by atoms with Crippen LogP contribution in [0.3, 0.4) is 0 Å². The minimum Gasteiger partial charge on any atom is -0.411 e. The number of benzene rings is 2. The SMILES string of the molecule is C=Cc1cc(/C=N/O)cc(-c2cc(N3CCCC3)c(=O)n(-c3c(Cl)cccc3Cl)n2)c1. The largest absolute Gasteiger partial charge is 0.411 e. The predicted octanol–water partition coefficient (Wildman–Crippen LogP) is 5.26. The third kappa shape index (κ3) is 4.22. The summed E-state index contributed by atoms with van der Waals surface area (Å²) in [6.45, 7) is 5.42. The Morgan fingerprint density at radius 1 is 1.06 bits per heavy atom. The number of oxime groups is 1. The molecule has 1 N–H and O–H groups in total. The van der Waals surface area contributed by atoms with Crippen molar-refractivity contribution in [3.8, 4) is 16.9 Å². The molecule has 1 fully saturated rings. The van der Waals surface area contributed by atoms with Crippen molar-refractivity contribution in [2.75, 3.05) is 18.0 Å². The summed E-state index contributed by atoms with van der Waals surface area (Å²) in [5.74, 6) is 0. The summed E-state index contributed by atoms with van der Waals surface area (Å²) in [5, 5.41) is 17.4. The van der Waals surface area contributed by atoms with Gasteiger partial charge in [0.15, 0.2) is 0 Å². The third-order valence-corrected chi connectivity index (χ3v) is 5.81. The summed E-state index contributed by atoms with van der Waals surface area (Å²) in [6, 6.07) is 12.4. The zero-order chi connectivity index (χ0) is 22.0. The molecule has 1 aliphatic rings. The van der Waals surface area contributed by atoms with Crippen LogP contribution < -0.4 is 10.5 Å². The Balaban J connectivity index is 2.00. The molecule has 0 radical (unpaired) electrons. The molecule has 2 aromatic carbocycles. The molecule has 4 rings (SSSR count). The molecule has 158 valence electrons. The number of hydrogen-bond donors (Lipinski definition) is 1. The molecule has 6 nitrogen and oxygen atoms in total. The van der Waals surface area contributed by atoms with Gasteiger partial charge in [0.2, 0.25) is 0 Å². The molecule has 0 saturated carbocycles. The minimum absolute atomic E-state index is 0.280. The van der Waals surface area contributed by atoms with Gasteiger partial charge in [-0.05, 0) is 60.4 Å². The molecule has 8 heteroatoms. The van der Waals surface area contributed by atoms with E-state index < -0.39 is 0 Å². The van der Waals surface area contributed by atoms with E-state index in [2.05, 4.69) is 21.7 Å². The van der Waals surface area contributed by atoms with Crippen LogP contribution in [0, 0.1) is 0 Å². The zero-order valence-electron chi connectivity index (χ0n) is 16.6. The lowest BCUT2D eigenvalue weighted by Crippen LogP contribution is -2.31. The van der Waals surface area contributed by atoms with E-state index in [0.717, 1.165) is 37.1 Å². The topological polar surface area (TPSA) is 70.7 Å².